The van der Waals surface area contributed by atoms with Crippen molar-refractivity contribution in [3.8, 4) is 11.5 Å². The van der Waals surface area contributed by atoms with Crippen molar-refractivity contribution in [1.29, 1.82) is 0 Å². The Balaban J connectivity index is 1.73. The van der Waals surface area contributed by atoms with Crippen molar-refractivity contribution < 1.29 is 19.0 Å². The van der Waals surface area contributed by atoms with Gasteiger partial charge < -0.3 is 19.5 Å². The molecule has 1 atom stereocenters. The Morgan fingerprint density at radius 1 is 1.24 bits per heavy atom. The summed E-state index contributed by atoms with van der Waals surface area (Å²) in [6, 6.07) is 13.0. The molecule has 25 heavy (non-hydrogen) atoms. The number of nitrogens with one attached hydrogen (secondary N) is 1. The van der Waals surface area contributed by atoms with Crippen LogP contribution >= 0.6 is 11.6 Å². The number of hydrogen-bond donors (Lipinski definition) is 1. The zero-order valence-corrected chi connectivity index (χ0v) is 14.7. The molecule has 0 unspecified atom stereocenters. The van der Waals surface area contributed by atoms with Gasteiger partial charge >= 0.3 is 5.97 Å². The Labute approximate surface area is 151 Å². The van der Waals surface area contributed by atoms with Crippen molar-refractivity contribution in [2.45, 2.75) is 25.9 Å². The number of halogens is 1. The monoisotopic (exact) mass is 361 g/mol. The highest BCUT2D eigenvalue weighted by molar-refractivity contribution is 6.31. The summed E-state index contributed by atoms with van der Waals surface area (Å²) in [6.45, 7) is 2.96. The van der Waals surface area contributed by atoms with Crippen molar-refractivity contribution in [3.63, 3.8) is 0 Å². The highest BCUT2D eigenvalue weighted by atomic mass is 35.5. The van der Waals surface area contributed by atoms with Crippen molar-refractivity contribution in [1.82, 2.24) is 5.32 Å². The maximum atomic E-state index is 12.0. The van der Waals surface area contributed by atoms with Crippen LogP contribution in [0.15, 0.2) is 42.5 Å². The van der Waals surface area contributed by atoms with Crippen LogP contribution < -0.4 is 14.8 Å². The summed E-state index contributed by atoms with van der Waals surface area (Å²) in [5, 5.41) is 4.01. The van der Waals surface area contributed by atoms with Gasteiger partial charge in [-0.05, 0) is 36.2 Å². The van der Waals surface area contributed by atoms with Crippen molar-refractivity contribution in [2.24, 2.45) is 0 Å². The lowest BCUT2D eigenvalue weighted by Gasteiger charge is -2.20. The molecule has 0 aliphatic carbocycles. The molecule has 0 bridgehead atoms. The van der Waals surface area contributed by atoms with E-state index in [1.807, 2.05) is 42.5 Å². The van der Waals surface area contributed by atoms with Gasteiger partial charge in [-0.3, -0.25) is 4.79 Å². The summed E-state index contributed by atoms with van der Waals surface area (Å²) in [4.78, 5) is 12.0. The van der Waals surface area contributed by atoms with E-state index >= 15 is 0 Å². The van der Waals surface area contributed by atoms with Crippen LogP contribution in [0.25, 0.3) is 0 Å². The lowest BCUT2D eigenvalue weighted by Crippen LogP contribution is -2.24. The molecule has 1 aliphatic heterocycles. The number of benzene rings is 2. The van der Waals surface area contributed by atoms with Gasteiger partial charge in [-0.15, -0.1) is 0 Å². The summed E-state index contributed by atoms with van der Waals surface area (Å²) < 4.78 is 15.8. The molecule has 0 saturated heterocycles. The number of carbonyl (C=O) groups is 1. The molecule has 1 heterocycles. The first-order chi connectivity index (χ1) is 12.2. The predicted molar refractivity (Wildman–Crippen MR) is 94.8 cm³/mol. The zero-order chi connectivity index (χ0) is 17.6. The smallest absolute Gasteiger partial charge is 0.307 e. The molecule has 5 nitrogen and oxygen atoms in total. The lowest BCUT2D eigenvalue weighted by molar-refractivity contribution is -0.143. The van der Waals surface area contributed by atoms with Crippen LogP contribution in [-0.2, 0) is 16.1 Å². The molecule has 0 aromatic heterocycles. The van der Waals surface area contributed by atoms with Gasteiger partial charge in [0.2, 0.25) is 6.79 Å². The van der Waals surface area contributed by atoms with E-state index in [4.69, 9.17) is 25.8 Å². The topological polar surface area (TPSA) is 56.8 Å². The van der Waals surface area contributed by atoms with Crippen LogP contribution in [0.4, 0.5) is 0 Å². The van der Waals surface area contributed by atoms with E-state index in [0.29, 0.717) is 18.2 Å². The summed E-state index contributed by atoms with van der Waals surface area (Å²) >= 11 is 6.31. The van der Waals surface area contributed by atoms with Crippen LogP contribution in [0.2, 0.25) is 5.02 Å². The van der Waals surface area contributed by atoms with Crippen LogP contribution in [0.1, 0.15) is 30.5 Å². The number of fused-ring (bicyclic) bond motifs is 1. The van der Waals surface area contributed by atoms with E-state index in [9.17, 15) is 4.79 Å². The van der Waals surface area contributed by atoms with E-state index in [1.54, 1.807) is 6.92 Å². The number of ether oxygens (including phenoxy) is 3. The van der Waals surface area contributed by atoms with E-state index in [2.05, 4.69) is 5.32 Å². The number of carbonyl (C=O) groups excluding carboxylic acids is 1. The Bertz CT molecular complexity index is 750. The minimum absolute atomic E-state index is 0.210. The third-order valence-corrected chi connectivity index (χ3v) is 4.29. The third-order valence-electron chi connectivity index (χ3n) is 3.95. The summed E-state index contributed by atoms with van der Waals surface area (Å²) in [5.41, 5.74) is 1.91. The van der Waals surface area contributed by atoms with E-state index in [-0.39, 0.29) is 25.2 Å². The second-order valence-corrected chi connectivity index (χ2v) is 6.06. The molecule has 0 amide bonds. The third kappa shape index (κ3) is 4.44. The molecule has 132 valence electrons. The van der Waals surface area contributed by atoms with Gasteiger partial charge in [0.25, 0.3) is 0 Å². The second-order valence-electron chi connectivity index (χ2n) is 5.65. The summed E-state index contributed by atoms with van der Waals surface area (Å²) in [5.74, 6) is 1.22. The number of rotatable bonds is 7. The highest BCUT2D eigenvalue weighted by Crippen LogP contribution is 2.33. The molecule has 0 radical (unpaired) electrons. The van der Waals surface area contributed by atoms with Crippen LogP contribution in [0.5, 0.6) is 11.5 Å². The molecule has 1 N–H and O–H groups in total. The minimum atomic E-state index is -0.259. The zero-order valence-electron chi connectivity index (χ0n) is 14.0. The standard InChI is InChI=1S/C19H20ClNO4/c1-2-23-19(22)10-16(14-5-3-4-6-15(14)20)21-11-13-7-8-17-18(9-13)25-12-24-17/h3-9,16,21H,2,10-12H2,1H3/t16-/m1/s1. The first-order valence-corrected chi connectivity index (χ1v) is 8.57. The maximum Gasteiger partial charge on any atom is 0.307 e. The fraction of sp³-hybridized carbons (Fsp3) is 0.316. The molecular weight excluding hydrogens is 342 g/mol. The largest absolute Gasteiger partial charge is 0.466 e. The summed E-state index contributed by atoms with van der Waals surface area (Å²) in [6.07, 6.45) is 0.210. The van der Waals surface area contributed by atoms with Crippen molar-refractivity contribution >= 4 is 17.6 Å². The molecule has 2 aromatic carbocycles. The van der Waals surface area contributed by atoms with Gasteiger partial charge in [0.15, 0.2) is 11.5 Å². The van der Waals surface area contributed by atoms with Crippen LogP contribution in [0, 0.1) is 0 Å². The first-order valence-electron chi connectivity index (χ1n) is 8.19. The second kappa shape index (κ2) is 8.23. The van der Waals surface area contributed by atoms with Gasteiger partial charge in [-0.1, -0.05) is 35.9 Å². The van der Waals surface area contributed by atoms with Gasteiger partial charge in [0.1, 0.15) is 0 Å². The van der Waals surface area contributed by atoms with Gasteiger partial charge in [0, 0.05) is 17.6 Å². The molecular formula is C19H20ClNO4. The molecule has 2 aromatic rings. The molecule has 0 spiro atoms. The number of esters is 1. The fourth-order valence-electron chi connectivity index (χ4n) is 2.73. The highest BCUT2D eigenvalue weighted by Gasteiger charge is 2.19. The van der Waals surface area contributed by atoms with Crippen molar-refractivity contribution in [2.75, 3.05) is 13.4 Å². The maximum absolute atomic E-state index is 12.0. The SMILES string of the molecule is CCOC(=O)C[C@@H](NCc1ccc2c(c1)OCO2)c1ccccc1Cl. The van der Waals surface area contributed by atoms with E-state index in [1.165, 1.54) is 0 Å². The molecule has 0 fully saturated rings. The normalized spacial score (nSPS) is 13.5. The minimum Gasteiger partial charge on any atom is -0.466 e. The Morgan fingerprint density at radius 3 is 2.84 bits per heavy atom. The van der Waals surface area contributed by atoms with Crippen LogP contribution in [-0.4, -0.2) is 19.4 Å². The van der Waals surface area contributed by atoms with E-state index in [0.717, 1.165) is 22.6 Å². The Kier molecular flexibility index (Phi) is 5.79. The molecule has 0 saturated carbocycles. The van der Waals surface area contributed by atoms with Crippen LogP contribution in [0.3, 0.4) is 0 Å². The van der Waals surface area contributed by atoms with Crippen molar-refractivity contribution in [3.05, 3.63) is 58.6 Å². The van der Waals surface area contributed by atoms with Gasteiger partial charge in [0.05, 0.1) is 13.0 Å². The van der Waals surface area contributed by atoms with Gasteiger partial charge in [-0.25, -0.2) is 0 Å². The molecule has 1 aliphatic rings. The average molecular weight is 362 g/mol. The fourth-order valence-corrected chi connectivity index (χ4v) is 3.00. The first kappa shape index (κ1) is 17.6. The van der Waals surface area contributed by atoms with Gasteiger partial charge in [-0.2, -0.15) is 0 Å². The Hall–Kier alpha value is -2.24. The molecule has 6 heteroatoms. The quantitative estimate of drug-likeness (QED) is 0.759. The lowest BCUT2D eigenvalue weighted by atomic mass is 10.0. The summed E-state index contributed by atoms with van der Waals surface area (Å²) in [7, 11) is 0. The molecule has 3 rings (SSSR count). The number of hydrogen-bond acceptors (Lipinski definition) is 5. The average Bonchev–Trinajstić information content (AvgIpc) is 3.07. The predicted octanol–water partition coefficient (Wildman–Crippen LogP) is 3.85. The van der Waals surface area contributed by atoms with E-state index < -0.39 is 0 Å². The Morgan fingerprint density at radius 2 is 2.04 bits per heavy atom.